The lowest BCUT2D eigenvalue weighted by atomic mass is 10.2. The summed E-state index contributed by atoms with van der Waals surface area (Å²) in [6.07, 6.45) is 1.52. The summed E-state index contributed by atoms with van der Waals surface area (Å²) in [6.45, 7) is 1.63. The molecule has 0 aromatic carbocycles. The fraction of sp³-hybridized carbons (Fsp3) is 0.167. The molecule has 25 heavy (non-hydrogen) atoms. The van der Waals surface area contributed by atoms with Crippen LogP contribution in [0.2, 0.25) is 0 Å². The van der Waals surface area contributed by atoms with Crippen molar-refractivity contribution in [1.82, 2.24) is 10.3 Å². The van der Waals surface area contributed by atoms with Crippen LogP contribution in [0.5, 0.6) is 0 Å². The predicted octanol–water partition coefficient (Wildman–Crippen LogP) is 3.18. The zero-order chi connectivity index (χ0) is 17.6. The number of hydrogen-bond donors (Lipinski definition) is 1. The minimum atomic E-state index is -0.573. The third kappa shape index (κ3) is 4.33. The Hall–Kier alpha value is -2.93. The van der Waals surface area contributed by atoms with Crippen molar-refractivity contribution in [2.75, 3.05) is 6.61 Å². The van der Waals surface area contributed by atoms with Gasteiger partial charge in [-0.25, -0.2) is 4.79 Å². The van der Waals surface area contributed by atoms with Crippen LogP contribution in [-0.2, 0) is 16.1 Å². The van der Waals surface area contributed by atoms with Crippen molar-refractivity contribution in [1.29, 1.82) is 0 Å². The molecule has 3 rings (SSSR count). The van der Waals surface area contributed by atoms with Crippen LogP contribution < -0.4 is 5.32 Å². The van der Waals surface area contributed by atoms with E-state index in [1.807, 2.05) is 17.5 Å². The second kappa shape index (κ2) is 7.76. The van der Waals surface area contributed by atoms with Gasteiger partial charge in [-0.2, -0.15) is 0 Å². The Bertz CT molecular complexity index is 857. The molecule has 0 saturated carbocycles. The largest absolute Gasteiger partial charge is 0.467 e. The van der Waals surface area contributed by atoms with Gasteiger partial charge < -0.3 is 14.5 Å². The third-order valence-electron chi connectivity index (χ3n) is 3.45. The van der Waals surface area contributed by atoms with Crippen molar-refractivity contribution < 1.29 is 18.7 Å². The van der Waals surface area contributed by atoms with E-state index in [-0.39, 0.29) is 13.2 Å². The highest BCUT2D eigenvalue weighted by molar-refractivity contribution is 7.13. The first-order valence-electron chi connectivity index (χ1n) is 7.61. The maximum Gasteiger partial charge on any atom is 0.340 e. The molecule has 1 N–H and O–H groups in total. The summed E-state index contributed by atoms with van der Waals surface area (Å²) in [7, 11) is 0. The van der Waals surface area contributed by atoms with Gasteiger partial charge in [0.05, 0.1) is 34.6 Å². The molecule has 0 spiro atoms. The van der Waals surface area contributed by atoms with E-state index in [1.165, 1.54) is 6.26 Å². The van der Waals surface area contributed by atoms with Gasteiger partial charge in [0, 0.05) is 0 Å². The number of carbonyl (C=O) groups is 2. The molecule has 0 saturated heterocycles. The molecule has 7 heteroatoms. The van der Waals surface area contributed by atoms with E-state index in [2.05, 4.69) is 10.3 Å². The fourth-order valence-electron chi connectivity index (χ4n) is 2.20. The topological polar surface area (TPSA) is 81.4 Å². The summed E-state index contributed by atoms with van der Waals surface area (Å²) in [4.78, 5) is 29.3. The number of ether oxygens (including phenoxy) is 1. The number of hydrogen-bond acceptors (Lipinski definition) is 6. The maximum atomic E-state index is 12.1. The number of rotatable bonds is 6. The molecule has 0 aliphatic rings. The first-order valence-corrected chi connectivity index (χ1v) is 8.49. The summed E-state index contributed by atoms with van der Waals surface area (Å²) in [5.74, 6) is -0.342. The van der Waals surface area contributed by atoms with E-state index in [0.717, 1.165) is 10.6 Å². The molecule has 6 nitrogen and oxygen atoms in total. The Kier molecular flexibility index (Phi) is 5.25. The predicted molar refractivity (Wildman–Crippen MR) is 93.1 cm³/mol. The van der Waals surface area contributed by atoms with E-state index in [4.69, 9.17) is 9.15 Å². The summed E-state index contributed by atoms with van der Waals surface area (Å²) in [5.41, 5.74) is 1.71. The fourth-order valence-corrected chi connectivity index (χ4v) is 2.89. The number of nitrogens with zero attached hydrogens (tertiary/aromatic N) is 1. The molecule has 0 unspecified atom stereocenters. The van der Waals surface area contributed by atoms with Crippen molar-refractivity contribution in [3.63, 3.8) is 0 Å². The lowest BCUT2D eigenvalue weighted by molar-refractivity contribution is -0.124. The molecule has 0 fully saturated rings. The van der Waals surface area contributed by atoms with Crippen molar-refractivity contribution in [3.05, 3.63) is 65.1 Å². The summed E-state index contributed by atoms with van der Waals surface area (Å²) < 4.78 is 10.2. The molecule has 3 aromatic heterocycles. The Labute approximate surface area is 148 Å². The third-order valence-corrected chi connectivity index (χ3v) is 4.35. The molecular formula is C18H16N2O4S. The van der Waals surface area contributed by atoms with E-state index < -0.39 is 11.9 Å². The van der Waals surface area contributed by atoms with Gasteiger partial charge in [-0.3, -0.25) is 9.78 Å². The van der Waals surface area contributed by atoms with Gasteiger partial charge in [-0.1, -0.05) is 6.07 Å². The number of aromatic nitrogens is 1. The van der Waals surface area contributed by atoms with Crippen LogP contribution in [0.25, 0.3) is 10.6 Å². The monoisotopic (exact) mass is 356 g/mol. The number of carbonyl (C=O) groups excluding carboxylic acids is 2. The number of amides is 1. The van der Waals surface area contributed by atoms with Crippen LogP contribution >= 0.6 is 11.3 Å². The van der Waals surface area contributed by atoms with Crippen LogP contribution in [0.15, 0.2) is 52.5 Å². The van der Waals surface area contributed by atoms with Gasteiger partial charge >= 0.3 is 5.97 Å². The molecule has 3 aromatic rings. The van der Waals surface area contributed by atoms with Crippen molar-refractivity contribution in [2.45, 2.75) is 13.5 Å². The van der Waals surface area contributed by atoms with Crippen LogP contribution in [-0.4, -0.2) is 23.5 Å². The average molecular weight is 356 g/mol. The van der Waals surface area contributed by atoms with E-state index in [1.54, 1.807) is 42.5 Å². The first kappa shape index (κ1) is 16.9. The number of thiophene rings is 1. The second-order valence-electron chi connectivity index (χ2n) is 5.24. The second-order valence-corrected chi connectivity index (χ2v) is 6.19. The zero-order valence-corrected chi connectivity index (χ0v) is 14.3. The minimum absolute atomic E-state index is 0.249. The summed E-state index contributed by atoms with van der Waals surface area (Å²) >= 11 is 1.58. The van der Waals surface area contributed by atoms with Crippen LogP contribution in [0.1, 0.15) is 21.8 Å². The number of aryl methyl sites for hydroxylation is 1. The lowest BCUT2D eigenvalue weighted by Gasteiger charge is -2.08. The molecule has 3 heterocycles. The van der Waals surface area contributed by atoms with E-state index >= 15 is 0 Å². The zero-order valence-electron chi connectivity index (χ0n) is 13.5. The van der Waals surface area contributed by atoms with Gasteiger partial charge in [0.25, 0.3) is 5.91 Å². The number of esters is 1. The Morgan fingerprint density at radius 1 is 1.24 bits per heavy atom. The molecule has 0 radical (unpaired) electrons. The normalized spacial score (nSPS) is 10.4. The maximum absolute atomic E-state index is 12.1. The highest BCUT2D eigenvalue weighted by Crippen LogP contribution is 2.23. The minimum Gasteiger partial charge on any atom is -0.467 e. The van der Waals surface area contributed by atoms with E-state index in [9.17, 15) is 9.59 Å². The van der Waals surface area contributed by atoms with Gasteiger partial charge in [-0.05, 0) is 42.6 Å². The SMILES string of the molecule is Cc1nc(-c2cccs2)ccc1C(=O)OCC(=O)NCc1ccco1. The summed E-state index contributed by atoms with van der Waals surface area (Å²) in [5, 5.41) is 4.58. The van der Waals surface area contributed by atoms with Crippen molar-refractivity contribution >= 4 is 23.2 Å². The van der Waals surface area contributed by atoms with Gasteiger partial charge in [0.2, 0.25) is 0 Å². The highest BCUT2D eigenvalue weighted by atomic mass is 32.1. The average Bonchev–Trinajstić information content (AvgIpc) is 3.31. The van der Waals surface area contributed by atoms with Gasteiger partial charge in [0.15, 0.2) is 6.61 Å². The molecule has 0 aliphatic heterocycles. The van der Waals surface area contributed by atoms with Crippen LogP contribution in [0, 0.1) is 6.92 Å². The van der Waals surface area contributed by atoms with Gasteiger partial charge in [-0.15, -0.1) is 11.3 Å². The van der Waals surface area contributed by atoms with E-state index in [0.29, 0.717) is 17.0 Å². The van der Waals surface area contributed by atoms with Gasteiger partial charge in [0.1, 0.15) is 5.76 Å². The smallest absolute Gasteiger partial charge is 0.340 e. The number of furan rings is 1. The standard InChI is InChI=1S/C18H16N2O4S/c1-12-14(6-7-15(20-12)16-5-3-9-25-16)18(22)24-11-17(21)19-10-13-4-2-8-23-13/h2-9H,10-11H2,1H3,(H,19,21). The van der Waals surface area contributed by atoms with Crippen LogP contribution in [0.3, 0.4) is 0 Å². The van der Waals surface area contributed by atoms with Crippen LogP contribution in [0.4, 0.5) is 0 Å². The summed E-state index contributed by atoms with van der Waals surface area (Å²) in [6, 6.07) is 10.8. The molecule has 0 atom stereocenters. The van der Waals surface area contributed by atoms with Crippen molar-refractivity contribution in [3.8, 4) is 10.6 Å². The first-order chi connectivity index (χ1) is 12.1. The van der Waals surface area contributed by atoms with Crippen molar-refractivity contribution in [2.24, 2.45) is 0 Å². The highest BCUT2D eigenvalue weighted by Gasteiger charge is 2.15. The number of nitrogens with one attached hydrogen (secondary N) is 1. The molecule has 128 valence electrons. The molecule has 0 aliphatic carbocycles. The quantitative estimate of drug-likeness (QED) is 0.686. The lowest BCUT2D eigenvalue weighted by Crippen LogP contribution is -2.28. The molecular weight excluding hydrogens is 340 g/mol. The molecule has 1 amide bonds. The number of pyridine rings is 1. The molecule has 0 bridgehead atoms. The Balaban J connectivity index is 1.55. The Morgan fingerprint density at radius 2 is 2.12 bits per heavy atom. The Morgan fingerprint density at radius 3 is 2.80 bits per heavy atom.